The SMILES string of the molecule is Cc1cccc(Cl)c1NC(=O)N=NC1=C(O)C2CCCCC2C1=O. The average Bonchev–Trinajstić information content (AvgIpc) is 2.81. The number of aliphatic hydroxyl groups excluding tert-OH is 1. The largest absolute Gasteiger partial charge is 0.510 e. The Bertz CT molecular complexity index is 737. The van der Waals surface area contributed by atoms with Crippen LogP contribution in [-0.2, 0) is 4.79 Å². The topological polar surface area (TPSA) is 91.1 Å². The summed E-state index contributed by atoms with van der Waals surface area (Å²) < 4.78 is 0. The van der Waals surface area contributed by atoms with Gasteiger partial charge in [-0.1, -0.05) is 41.7 Å². The number of rotatable bonds is 2. The first kappa shape index (κ1) is 16.6. The third-order valence-corrected chi connectivity index (χ3v) is 4.94. The Morgan fingerprint density at radius 3 is 2.67 bits per heavy atom. The van der Waals surface area contributed by atoms with Gasteiger partial charge in [-0.15, -0.1) is 5.11 Å². The van der Waals surface area contributed by atoms with Gasteiger partial charge in [0, 0.05) is 11.8 Å². The molecule has 2 atom stereocenters. The number of para-hydroxylation sites is 1. The fourth-order valence-electron chi connectivity index (χ4n) is 3.37. The maximum atomic E-state index is 12.3. The van der Waals surface area contributed by atoms with E-state index in [1.54, 1.807) is 25.1 Å². The maximum Gasteiger partial charge on any atom is 0.364 e. The van der Waals surface area contributed by atoms with Crippen molar-refractivity contribution in [3.8, 4) is 0 Å². The minimum atomic E-state index is -0.742. The predicted molar refractivity (Wildman–Crippen MR) is 90.2 cm³/mol. The van der Waals surface area contributed by atoms with E-state index in [1.165, 1.54) is 0 Å². The summed E-state index contributed by atoms with van der Waals surface area (Å²) in [6.07, 6.45) is 3.47. The van der Waals surface area contributed by atoms with Crippen molar-refractivity contribution >= 4 is 29.1 Å². The number of aliphatic hydroxyl groups is 1. The van der Waals surface area contributed by atoms with Crippen LogP contribution in [0.25, 0.3) is 0 Å². The van der Waals surface area contributed by atoms with E-state index >= 15 is 0 Å². The number of azo groups is 1. The Hall–Kier alpha value is -2.21. The summed E-state index contributed by atoms with van der Waals surface area (Å²) in [5.74, 6) is -0.645. The van der Waals surface area contributed by atoms with Crippen LogP contribution in [0.2, 0.25) is 5.02 Å². The zero-order chi connectivity index (χ0) is 17.3. The second-order valence-corrected chi connectivity index (χ2v) is 6.56. The van der Waals surface area contributed by atoms with Crippen LogP contribution in [0.3, 0.4) is 0 Å². The van der Waals surface area contributed by atoms with Crippen LogP contribution >= 0.6 is 11.6 Å². The Labute approximate surface area is 144 Å². The molecule has 6 nitrogen and oxygen atoms in total. The number of carbonyl (C=O) groups is 2. The number of nitrogens with zero attached hydrogens (tertiary/aromatic N) is 2. The van der Waals surface area contributed by atoms with Crippen molar-refractivity contribution in [2.24, 2.45) is 22.1 Å². The molecule has 0 aromatic heterocycles. The molecule has 0 bridgehead atoms. The molecule has 0 heterocycles. The lowest BCUT2D eigenvalue weighted by Gasteiger charge is -2.23. The number of nitrogens with one attached hydrogen (secondary N) is 1. The number of anilines is 1. The van der Waals surface area contributed by atoms with E-state index in [9.17, 15) is 14.7 Å². The molecular formula is C17H18ClN3O3. The number of Topliss-reactive ketones (excluding diaryl/α,β-unsaturated/α-hetero) is 1. The highest BCUT2D eigenvalue weighted by atomic mass is 35.5. The van der Waals surface area contributed by atoms with Gasteiger partial charge in [-0.3, -0.25) is 4.79 Å². The number of urea groups is 1. The van der Waals surface area contributed by atoms with E-state index in [0.717, 1.165) is 31.2 Å². The number of hydrogen-bond donors (Lipinski definition) is 2. The molecular weight excluding hydrogens is 330 g/mol. The standard InChI is InChI=1S/C17H18ClN3O3/c1-9-5-4-8-12(18)13(9)19-17(24)21-20-14-15(22)10-6-2-3-7-11(10)16(14)23/h4-5,8,10-11,22H,2-3,6-7H2,1H3,(H,19,24). The summed E-state index contributed by atoms with van der Waals surface area (Å²) in [6, 6.07) is 4.49. The van der Waals surface area contributed by atoms with Crippen LogP contribution in [0.5, 0.6) is 0 Å². The van der Waals surface area contributed by atoms with E-state index in [2.05, 4.69) is 15.5 Å². The zero-order valence-corrected chi connectivity index (χ0v) is 14.0. The Morgan fingerprint density at radius 2 is 2.00 bits per heavy atom. The Kier molecular flexibility index (Phi) is 4.66. The molecule has 24 heavy (non-hydrogen) atoms. The summed E-state index contributed by atoms with van der Waals surface area (Å²) in [6.45, 7) is 1.80. The normalized spacial score (nSPS) is 23.7. The third kappa shape index (κ3) is 3.06. The number of benzene rings is 1. The number of aryl methyl sites for hydroxylation is 1. The van der Waals surface area contributed by atoms with Gasteiger partial charge in [0.2, 0.25) is 0 Å². The highest BCUT2D eigenvalue weighted by Gasteiger charge is 2.43. The lowest BCUT2D eigenvalue weighted by atomic mass is 9.80. The molecule has 126 valence electrons. The van der Waals surface area contributed by atoms with Crippen LogP contribution < -0.4 is 5.32 Å². The summed E-state index contributed by atoms with van der Waals surface area (Å²) >= 11 is 6.04. The summed E-state index contributed by atoms with van der Waals surface area (Å²) in [7, 11) is 0. The predicted octanol–water partition coefficient (Wildman–Crippen LogP) is 4.79. The molecule has 0 saturated heterocycles. The molecule has 1 aromatic rings. The second kappa shape index (κ2) is 6.73. The average molecular weight is 348 g/mol. The lowest BCUT2D eigenvalue weighted by molar-refractivity contribution is -0.120. The van der Waals surface area contributed by atoms with Gasteiger partial charge < -0.3 is 10.4 Å². The lowest BCUT2D eigenvalue weighted by Crippen LogP contribution is -2.21. The number of fused-ring (bicyclic) bond motifs is 1. The molecule has 0 aliphatic heterocycles. The Balaban J connectivity index is 1.74. The van der Waals surface area contributed by atoms with Gasteiger partial charge in [0.05, 0.1) is 10.7 Å². The van der Waals surface area contributed by atoms with Crippen LogP contribution in [-0.4, -0.2) is 16.9 Å². The highest BCUT2D eigenvalue weighted by Crippen LogP contribution is 2.42. The van der Waals surface area contributed by atoms with E-state index in [1.807, 2.05) is 0 Å². The van der Waals surface area contributed by atoms with Crippen molar-refractivity contribution in [2.45, 2.75) is 32.6 Å². The van der Waals surface area contributed by atoms with Crippen LogP contribution in [0.15, 0.2) is 39.9 Å². The number of hydrogen-bond acceptors (Lipinski definition) is 4. The van der Waals surface area contributed by atoms with E-state index in [-0.39, 0.29) is 29.1 Å². The van der Waals surface area contributed by atoms with Crippen molar-refractivity contribution in [3.63, 3.8) is 0 Å². The second-order valence-electron chi connectivity index (χ2n) is 6.16. The number of allylic oxidation sites excluding steroid dienone is 2. The number of amides is 2. The first-order chi connectivity index (χ1) is 11.5. The van der Waals surface area contributed by atoms with Gasteiger partial charge in [0.1, 0.15) is 5.76 Å². The van der Waals surface area contributed by atoms with Gasteiger partial charge in [-0.05, 0) is 31.4 Å². The van der Waals surface area contributed by atoms with Crippen LogP contribution in [0, 0.1) is 18.8 Å². The molecule has 2 aliphatic rings. The van der Waals surface area contributed by atoms with Gasteiger partial charge in [0.25, 0.3) is 0 Å². The molecule has 2 unspecified atom stereocenters. The molecule has 2 aliphatic carbocycles. The zero-order valence-electron chi connectivity index (χ0n) is 13.3. The van der Waals surface area contributed by atoms with E-state index in [4.69, 9.17) is 11.6 Å². The summed E-state index contributed by atoms with van der Waals surface area (Å²) in [4.78, 5) is 24.3. The van der Waals surface area contributed by atoms with Crippen molar-refractivity contribution in [3.05, 3.63) is 40.2 Å². The molecule has 1 aromatic carbocycles. The van der Waals surface area contributed by atoms with Gasteiger partial charge in [0.15, 0.2) is 11.5 Å². The van der Waals surface area contributed by atoms with E-state index < -0.39 is 6.03 Å². The molecule has 7 heteroatoms. The molecule has 3 rings (SSSR count). The third-order valence-electron chi connectivity index (χ3n) is 4.62. The van der Waals surface area contributed by atoms with Gasteiger partial charge in [-0.25, -0.2) is 4.79 Å². The van der Waals surface area contributed by atoms with Crippen LogP contribution in [0.1, 0.15) is 31.2 Å². The molecule has 0 radical (unpaired) electrons. The van der Waals surface area contributed by atoms with Crippen molar-refractivity contribution in [2.75, 3.05) is 5.32 Å². The molecule has 1 saturated carbocycles. The number of halogens is 1. The van der Waals surface area contributed by atoms with Gasteiger partial charge in [-0.2, -0.15) is 0 Å². The monoisotopic (exact) mass is 347 g/mol. The quantitative estimate of drug-likeness (QED) is 0.753. The molecule has 1 fully saturated rings. The minimum absolute atomic E-state index is 0.0322. The van der Waals surface area contributed by atoms with E-state index in [0.29, 0.717) is 10.7 Å². The smallest absolute Gasteiger partial charge is 0.364 e. The van der Waals surface area contributed by atoms with Crippen LogP contribution in [0.4, 0.5) is 10.5 Å². The summed E-state index contributed by atoms with van der Waals surface area (Å²) in [5.41, 5.74) is 1.15. The number of ketones is 1. The van der Waals surface area contributed by atoms with Crippen molar-refractivity contribution in [1.82, 2.24) is 0 Å². The van der Waals surface area contributed by atoms with Crippen molar-refractivity contribution in [1.29, 1.82) is 0 Å². The molecule has 2 N–H and O–H groups in total. The number of carbonyl (C=O) groups excluding carboxylic acids is 2. The fourth-order valence-corrected chi connectivity index (χ4v) is 3.64. The highest BCUT2D eigenvalue weighted by molar-refractivity contribution is 6.33. The first-order valence-electron chi connectivity index (χ1n) is 7.94. The first-order valence-corrected chi connectivity index (χ1v) is 8.32. The Morgan fingerprint density at radius 1 is 1.29 bits per heavy atom. The molecule has 2 amide bonds. The van der Waals surface area contributed by atoms with Crippen molar-refractivity contribution < 1.29 is 14.7 Å². The fraction of sp³-hybridized carbons (Fsp3) is 0.412. The maximum absolute atomic E-state index is 12.3. The summed E-state index contributed by atoms with van der Waals surface area (Å²) in [5, 5.41) is 20.4. The minimum Gasteiger partial charge on any atom is -0.510 e. The molecule has 0 spiro atoms. The van der Waals surface area contributed by atoms with Gasteiger partial charge >= 0.3 is 6.03 Å².